The summed E-state index contributed by atoms with van der Waals surface area (Å²) in [6, 6.07) is 20.2. The van der Waals surface area contributed by atoms with Crippen molar-refractivity contribution < 1.29 is 0 Å². The Balaban J connectivity index is 1.68. The van der Waals surface area contributed by atoms with Crippen LogP contribution in [0.5, 0.6) is 0 Å². The van der Waals surface area contributed by atoms with Crippen molar-refractivity contribution in [3.8, 4) is 11.1 Å². The van der Waals surface area contributed by atoms with Crippen molar-refractivity contribution in [2.24, 2.45) is 5.84 Å². The summed E-state index contributed by atoms with van der Waals surface area (Å²) in [5.74, 6) is 6.28. The van der Waals surface area contributed by atoms with E-state index in [1.54, 1.807) is 11.2 Å². The molecule has 25 heavy (non-hydrogen) atoms. The van der Waals surface area contributed by atoms with Gasteiger partial charge in [0, 0.05) is 23.3 Å². The summed E-state index contributed by atoms with van der Waals surface area (Å²) in [5.41, 5.74) is 5.05. The van der Waals surface area contributed by atoms with Gasteiger partial charge in [0.15, 0.2) is 0 Å². The van der Waals surface area contributed by atoms with Gasteiger partial charge >= 0.3 is 0 Å². The van der Waals surface area contributed by atoms with Crippen molar-refractivity contribution in [1.29, 1.82) is 0 Å². The topological polar surface area (TPSA) is 57.9 Å². The lowest BCUT2D eigenvalue weighted by atomic mass is 10.0. The number of pyridine rings is 1. The Kier molecular flexibility index (Phi) is 4.14. The third-order valence-corrected chi connectivity index (χ3v) is 4.39. The molecule has 2 aromatic carbocycles. The normalized spacial score (nSPS) is 11.0. The Morgan fingerprint density at radius 3 is 2.72 bits per heavy atom. The predicted molar refractivity (Wildman–Crippen MR) is 103 cm³/mol. The number of nitrogens with zero attached hydrogens (tertiary/aromatic N) is 2. The zero-order chi connectivity index (χ0) is 17.2. The van der Waals surface area contributed by atoms with Gasteiger partial charge in [-0.05, 0) is 29.3 Å². The van der Waals surface area contributed by atoms with Crippen molar-refractivity contribution in [3.05, 3.63) is 83.6 Å². The number of anilines is 1. The van der Waals surface area contributed by atoms with E-state index in [1.807, 2.05) is 42.6 Å². The largest absolute Gasteiger partial charge is 0.346 e. The van der Waals surface area contributed by atoms with E-state index < -0.39 is 0 Å². The van der Waals surface area contributed by atoms with Gasteiger partial charge in [0.1, 0.15) is 5.65 Å². The number of rotatable bonds is 4. The summed E-state index contributed by atoms with van der Waals surface area (Å²) in [4.78, 5) is 7.51. The van der Waals surface area contributed by atoms with Gasteiger partial charge in [0.05, 0.1) is 17.3 Å². The fourth-order valence-electron chi connectivity index (χ4n) is 2.94. The quantitative estimate of drug-likeness (QED) is 0.413. The molecule has 0 bridgehead atoms. The van der Waals surface area contributed by atoms with Crippen LogP contribution < -0.4 is 10.9 Å². The third kappa shape index (κ3) is 3.22. The Bertz CT molecular complexity index is 1010. The Labute approximate surface area is 150 Å². The maximum atomic E-state index is 6.28. The minimum absolute atomic E-state index is 0.619. The highest BCUT2D eigenvalue weighted by molar-refractivity contribution is 6.31. The van der Waals surface area contributed by atoms with Crippen molar-refractivity contribution >= 4 is 28.3 Å². The second-order valence-corrected chi connectivity index (χ2v) is 6.35. The van der Waals surface area contributed by atoms with Gasteiger partial charge in [-0.15, -0.1) is 0 Å². The second kappa shape index (κ2) is 6.59. The summed E-state index contributed by atoms with van der Waals surface area (Å²) in [5, 5.41) is 3.36. The number of hydrazine groups is 1. The fourth-order valence-corrected chi connectivity index (χ4v) is 3.10. The molecule has 0 radical (unpaired) electrons. The van der Waals surface area contributed by atoms with E-state index in [0.717, 1.165) is 27.8 Å². The predicted octanol–water partition coefficient (Wildman–Crippen LogP) is 4.76. The standard InChI is InChI=1S/C20H17ClN4/c21-16-10-18-19(12-24-20(18)23-11-16)15-7-4-8-17(9-15)25(22)13-14-5-2-1-3-6-14/h1-12H,13,22H2,(H,23,24). The van der Waals surface area contributed by atoms with Crippen molar-refractivity contribution in [3.63, 3.8) is 0 Å². The molecule has 3 N–H and O–H groups in total. The molecule has 0 amide bonds. The van der Waals surface area contributed by atoms with Gasteiger partial charge in [0.25, 0.3) is 0 Å². The van der Waals surface area contributed by atoms with Gasteiger partial charge < -0.3 is 9.99 Å². The van der Waals surface area contributed by atoms with Crippen molar-refractivity contribution in [2.45, 2.75) is 6.54 Å². The van der Waals surface area contributed by atoms with Crippen LogP contribution in [0.1, 0.15) is 5.56 Å². The lowest BCUT2D eigenvalue weighted by molar-refractivity contribution is 0.853. The minimum Gasteiger partial charge on any atom is -0.346 e. The lowest BCUT2D eigenvalue weighted by Gasteiger charge is -2.19. The molecule has 0 saturated heterocycles. The molecule has 0 unspecified atom stereocenters. The summed E-state index contributed by atoms with van der Waals surface area (Å²) >= 11 is 6.10. The first-order chi connectivity index (χ1) is 12.2. The summed E-state index contributed by atoms with van der Waals surface area (Å²) in [7, 11) is 0. The molecular formula is C20H17ClN4. The molecule has 0 saturated carbocycles. The maximum absolute atomic E-state index is 6.28. The number of hydrogen-bond donors (Lipinski definition) is 2. The molecular weight excluding hydrogens is 332 g/mol. The van der Waals surface area contributed by atoms with Crippen LogP contribution in [0, 0.1) is 0 Å². The molecule has 4 rings (SSSR count). The van der Waals surface area contributed by atoms with Crippen LogP contribution in [0.25, 0.3) is 22.2 Å². The maximum Gasteiger partial charge on any atom is 0.137 e. The average molecular weight is 349 g/mol. The number of nitrogens with one attached hydrogen (secondary N) is 1. The highest BCUT2D eigenvalue weighted by atomic mass is 35.5. The molecule has 124 valence electrons. The number of benzene rings is 2. The zero-order valence-corrected chi connectivity index (χ0v) is 14.2. The fraction of sp³-hybridized carbons (Fsp3) is 0.0500. The first-order valence-corrected chi connectivity index (χ1v) is 8.38. The number of hydrogen-bond acceptors (Lipinski definition) is 3. The molecule has 0 spiro atoms. The smallest absolute Gasteiger partial charge is 0.137 e. The third-order valence-electron chi connectivity index (χ3n) is 4.18. The van der Waals surface area contributed by atoms with E-state index in [0.29, 0.717) is 11.6 Å². The van der Waals surface area contributed by atoms with Gasteiger partial charge in [-0.25, -0.2) is 10.8 Å². The minimum atomic E-state index is 0.619. The average Bonchev–Trinajstić information content (AvgIpc) is 3.05. The number of aromatic amines is 1. The molecule has 5 heteroatoms. The molecule has 4 nitrogen and oxygen atoms in total. The SMILES string of the molecule is NN(Cc1ccccc1)c1cccc(-c2c[nH]c3ncc(Cl)cc23)c1. The molecule has 4 aromatic rings. The molecule has 0 aliphatic rings. The van der Waals surface area contributed by atoms with E-state index in [4.69, 9.17) is 17.4 Å². The van der Waals surface area contributed by atoms with E-state index in [1.165, 1.54) is 5.56 Å². The number of aromatic nitrogens is 2. The van der Waals surface area contributed by atoms with E-state index in [2.05, 4.69) is 34.2 Å². The summed E-state index contributed by atoms with van der Waals surface area (Å²) in [6.07, 6.45) is 3.59. The van der Waals surface area contributed by atoms with Crippen LogP contribution in [0.3, 0.4) is 0 Å². The van der Waals surface area contributed by atoms with Crippen molar-refractivity contribution in [1.82, 2.24) is 9.97 Å². The first kappa shape index (κ1) is 15.7. The van der Waals surface area contributed by atoms with Gasteiger partial charge in [-0.3, -0.25) is 0 Å². The van der Waals surface area contributed by atoms with E-state index in [-0.39, 0.29) is 0 Å². The molecule has 0 aliphatic carbocycles. The lowest BCUT2D eigenvalue weighted by Crippen LogP contribution is -2.29. The van der Waals surface area contributed by atoms with Gasteiger partial charge in [0.2, 0.25) is 0 Å². The Morgan fingerprint density at radius 1 is 1.04 bits per heavy atom. The van der Waals surface area contributed by atoms with Crippen LogP contribution in [0.2, 0.25) is 5.02 Å². The number of halogens is 1. The highest BCUT2D eigenvalue weighted by Gasteiger charge is 2.10. The monoisotopic (exact) mass is 348 g/mol. The van der Waals surface area contributed by atoms with Crippen LogP contribution in [-0.4, -0.2) is 9.97 Å². The molecule has 0 aliphatic heterocycles. The van der Waals surface area contributed by atoms with E-state index >= 15 is 0 Å². The molecule has 2 heterocycles. The van der Waals surface area contributed by atoms with Gasteiger partial charge in [-0.1, -0.05) is 54.1 Å². The highest BCUT2D eigenvalue weighted by Crippen LogP contribution is 2.31. The Morgan fingerprint density at radius 2 is 1.88 bits per heavy atom. The molecule has 2 aromatic heterocycles. The molecule has 0 fully saturated rings. The molecule has 0 atom stereocenters. The first-order valence-electron chi connectivity index (χ1n) is 8.00. The second-order valence-electron chi connectivity index (χ2n) is 5.92. The van der Waals surface area contributed by atoms with Gasteiger partial charge in [-0.2, -0.15) is 0 Å². The zero-order valence-electron chi connectivity index (χ0n) is 13.5. The number of nitrogens with two attached hydrogens (primary N) is 1. The van der Waals surface area contributed by atoms with Crippen molar-refractivity contribution in [2.75, 3.05) is 5.01 Å². The van der Waals surface area contributed by atoms with Crippen LogP contribution in [0.4, 0.5) is 5.69 Å². The summed E-state index contributed by atoms with van der Waals surface area (Å²) < 4.78 is 0. The van der Waals surface area contributed by atoms with Crippen LogP contribution in [-0.2, 0) is 6.54 Å². The van der Waals surface area contributed by atoms with E-state index in [9.17, 15) is 0 Å². The number of fused-ring (bicyclic) bond motifs is 1. The Hall–Kier alpha value is -2.82. The summed E-state index contributed by atoms with van der Waals surface area (Å²) in [6.45, 7) is 0.644. The number of H-pyrrole nitrogens is 1. The van der Waals surface area contributed by atoms with Crippen LogP contribution >= 0.6 is 11.6 Å². The van der Waals surface area contributed by atoms with Crippen LogP contribution in [0.15, 0.2) is 73.1 Å².